The molecule has 0 spiro atoms. The smallest absolute Gasteiger partial charge is 0.242 e. The van der Waals surface area contributed by atoms with Crippen molar-refractivity contribution in [2.24, 2.45) is 5.92 Å². The molecule has 0 aromatic carbocycles. The van der Waals surface area contributed by atoms with Crippen molar-refractivity contribution in [1.82, 2.24) is 15.0 Å². The standard InChI is InChI=1S/C14H25N3O2S2/c1-11(2)15-9-13-7-14(10-16-13)21(18,19)17-8-12-3-5-20-6-4-12/h7,10-12,15-17H,3-6,8-9H2,1-2H3. The van der Waals surface area contributed by atoms with E-state index in [0.717, 1.165) is 30.0 Å². The summed E-state index contributed by atoms with van der Waals surface area (Å²) < 4.78 is 27.3. The lowest BCUT2D eigenvalue weighted by atomic mass is 10.0. The van der Waals surface area contributed by atoms with E-state index in [1.54, 1.807) is 12.3 Å². The molecular weight excluding hydrogens is 306 g/mol. The van der Waals surface area contributed by atoms with Gasteiger partial charge in [0.2, 0.25) is 10.0 Å². The predicted octanol–water partition coefficient (Wildman–Crippen LogP) is 1.93. The van der Waals surface area contributed by atoms with Crippen LogP contribution in [0, 0.1) is 5.92 Å². The first-order valence-corrected chi connectivity index (χ1v) is 10.1. The third kappa shape index (κ3) is 5.32. The lowest BCUT2D eigenvalue weighted by Crippen LogP contribution is -2.30. The maximum atomic E-state index is 12.3. The van der Waals surface area contributed by atoms with Crippen LogP contribution in [0.4, 0.5) is 0 Å². The van der Waals surface area contributed by atoms with Gasteiger partial charge in [-0.05, 0) is 36.3 Å². The van der Waals surface area contributed by atoms with Crippen LogP contribution >= 0.6 is 11.8 Å². The van der Waals surface area contributed by atoms with Crippen LogP contribution in [0.25, 0.3) is 0 Å². The van der Waals surface area contributed by atoms with Crippen molar-refractivity contribution in [2.45, 2.75) is 44.2 Å². The largest absolute Gasteiger partial charge is 0.363 e. The quantitative estimate of drug-likeness (QED) is 0.714. The van der Waals surface area contributed by atoms with Crippen LogP contribution in [-0.4, -0.2) is 37.5 Å². The molecule has 0 aliphatic carbocycles. The summed E-state index contributed by atoms with van der Waals surface area (Å²) in [5, 5.41) is 3.26. The van der Waals surface area contributed by atoms with Crippen molar-refractivity contribution in [3.05, 3.63) is 18.0 Å². The molecular formula is C14H25N3O2S2. The monoisotopic (exact) mass is 331 g/mol. The van der Waals surface area contributed by atoms with Crippen LogP contribution in [-0.2, 0) is 16.6 Å². The molecule has 2 rings (SSSR count). The van der Waals surface area contributed by atoms with E-state index in [0.29, 0.717) is 29.9 Å². The van der Waals surface area contributed by atoms with Gasteiger partial charge in [0.1, 0.15) is 0 Å². The van der Waals surface area contributed by atoms with Crippen LogP contribution in [0.1, 0.15) is 32.4 Å². The van der Waals surface area contributed by atoms with E-state index in [2.05, 4.69) is 28.9 Å². The van der Waals surface area contributed by atoms with Crippen molar-refractivity contribution in [3.63, 3.8) is 0 Å². The second-order valence-corrected chi connectivity index (χ2v) is 8.80. The van der Waals surface area contributed by atoms with Gasteiger partial charge in [0.25, 0.3) is 0 Å². The molecule has 0 amide bonds. The Kier molecular flexibility index (Phi) is 6.16. The third-order valence-electron chi connectivity index (χ3n) is 3.63. The fraction of sp³-hybridized carbons (Fsp3) is 0.714. The molecule has 1 aliphatic heterocycles. The van der Waals surface area contributed by atoms with Crippen molar-refractivity contribution >= 4 is 21.8 Å². The molecule has 1 saturated heterocycles. The summed E-state index contributed by atoms with van der Waals surface area (Å²) in [6.45, 7) is 5.32. The van der Waals surface area contributed by atoms with Crippen LogP contribution in [0.5, 0.6) is 0 Å². The van der Waals surface area contributed by atoms with E-state index < -0.39 is 10.0 Å². The minimum absolute atomic E-state index is 0.327. The van der Waals surface area contributed by atoms with Gasteiger partial charge in [-0.25, -0.2) is 13.1 Å². The van der Waals surface area contributed by atoms with Crippen LogP contribution < -0.4 is 10.0 Å². The van der Waals surface area contributed by atoms with Gasteiger partial charge >= 0.3 is 0 Å². The van der Waals surface area contributed by atoms with Gasteiger partial charge in [-0.1, -0.05) is 13.8 Å². The Morgan fingerprint density at radius 3 is 2.76 bits per heavy atom. The molecule has 0 saturated carbocycles. The van der Waals surface area contributed by atoms with E-state index in [4.69, 9.17) is 0 Å². The van der Waals surface area contributed by atoms with Gasteiger partial charge in [0.05, 0.1) is 4.90 Å². The molecule has 5 nitrogen and oxygen atoms in total. The Morgan fingerprint density at radius 1 is 1.38 bits per heavy atom. The van der Waals surface area contributed by atoms with Gasteiger partial charge in [0.15, 0.2) is 0 Å². The molecule has 21 heavy (non-hydrogen) atoms. The molecule has 1 aromatic rings. The van der Waals surface area contributed by atoms with Gasteiger partial charge in [-0.15, -0.1) is 0 Å². The van der Waals surface area contributed by atoms with E-state index in [1.807, 2.05) is 11.8 Å². The van der Waals surface area contributed by atoms with E-state index >= 15 is 0 Å². The number of rotatable bonds is 7. The fourth-order valence-electron chi connectivity index (χ4n) is 2.25. The van der Waals surface area contributed by atoms with Crippen molar-refractivity contribution in [3.8, 4) is 0 Å². The summed E-state index contributed by atoms with van der Waals surface area (Å²) in [4.78, 5) is 3.35. The molecule has 1 fully saturated rings. The Bertz CT molecular complexity index is 534. The summed E-state index contributed by atoms with van der Waals surface area (Å²) in [6, 6.07) is 2.07. The molecule has 120 valence electrons. The van der Waals surface area contributed by atoms with Crippen LogP contribution in [0.3, 0.4) is 0 Å². The molecule has 0 bridgehead atoms. The lowest BCUT2D eigenvalue weighted by Gasteiger charge is -2.21. The summed E-state index contributed by atoms with van der Waals surface area (Å²) in [6.07, 6.45) is 3.77. The first-order valence-electron chi connectivity index (χ1n) is 7.45. The van der Waals surface area contributed by atoms with Crippen molar-refractivity contribution in [1.29, 1.82) is 0 Å². The normalized spacial score (nSPS) is 17.5. The highest BCUT2D eigenvalue weighted by molar-refractivity contribution is 7.99. The van der Waals surface area contributed by atoms with Crippen molar-refractivity contribution in [2.75, 3.05) is 18.1 Å². The first kappa shape index (κ1) is 16.9. The highest BCUT2D eigenvalue weighted by atomic mass is 32.2. The lowest BCUT2D eigenvalue weighted by molar-refractivity contribution is 0.476. The Hall–Kier alpha value is -0.500. The second-order valence-electron chi connectivity index (χ2n) is 5.80. The summed E-state index contributed by atoms with van der Waals surface area (Å²) in [5.74, 6) is 2.76. The number of aromatic amines is 1. The minimum atomic E-state index is -3.39. The van der Waals surface area contributed by atoms with Gasteiger partial charge in [-0.3, -0.25) is 0 Å². The number of aromatic nitrogens is 1. The van der Waals surface area contributed by atoms with Gasteiger partial charge < -0.3 is 10.3 Å². The fourth-order valence-corrected chi connectivity index (χ4v) is 4.59. The molecule has 2 heterocycles. The Labute approximate surface area is 131 Å². The number of sulfonamides is 1. The van der Waals surface area contributed by atoms with Gasteiger partial charge in [-0.2, -0.15) is 11.8 Å². The third-order valence-corrected chi connectivity index (χ3v) is 6.08. The molecule has 1 aliphatic rings. The maximum absolute atomic E-state index is 12.3. The van der Waals surface area contributed by atoms with Crippen LogP contribution in [0.15, 0.2) is 17.2 Å². The molecule has 0 unspecified atom stereocenters. The predicted molar refractivity (Wildman–Crippen MR) is 88.0 cm³/mol. The number of thioether (sulfide) groups is 1. The zero-order valence-electron chi connectivity index (χ0n) is 12.7. The second kappa shape index (κ2) is 7.67. The van der Waals surface area contributed by atoms with Crippen LogP contribution in [0.2, 0.25) is 0 Å². The van der Waals surface area contributed by atoms with E-state index in [9.17, 15) is 8.42 Å². The highest BCUT2D eigenvalue weighted by Gasteiger charge is 2.20. The van der Waals surface area contributed by atoms with E-state index in [-0.39, 0.29) is 0 Å². The van der Waals surface area contributed by atoms with E-state index in [1.165, 1.54) is 0 Å². The van der Waals surface area contributed by atoms with Gasteiger partial charge in [0, 0.05) is 31.0 Å². The Morgan fingerprint density at radius 2 is 2.10 bits per heavy atom. The average Bonchev–Trinajstić information content (AvgIpc) is 2.94. The summed E-state index contributed by atoms with van der Waals surface area (Å²) in [5.41, 5.74) is 0.887. The zero-order valence-corrected chi connectivity index (χ0v) is 14.3. The average molecular weight is 332 g/mol. The molecule has 3 N–H and O–H groups in total. The minimum Gasteiger partial charge on any atom is -0.363 e. The molecule has 0 atom stereocenters. The molecule has 0 radical (unpaired) electrons. The zero-order chi connectivity index (χ0) is 15.3. The number of nitrogens with one attached hydrogen (secondary N) is 3. The maximum Gasteiger partial charge on any atom is 0.242 e. The molecule has 1 aromatic heterocycles. The SMILES string of the molecule is CC(C)NCc1cc(S(=O)(=O)NCC2CCSCC2)c[nH]1. The number of hydrogen-bond acceptors (Lipinski definition) is 4. The Balaban J connectivity index is 1.89. The topological polar surface area (TPSA) is 74.0 Å². The number of H-pyrrole nitrogens is 1. The summed E-state index contributed by atoms with van der Waals surface area (Å²) in [7, 11) is -3.39. The highest BCUT2D eigenvalue weighted by Crippen LogP contribution is 2.22. The molecule has 7 heteroatoms. The first-order chi connectivity index (χ1) is 9.97. The summed E-state index contributed by atoms with van der Waals surface area (Å²) >= 11 is 1.95. The van der Waals surface area contributed by atoms with Crippen molar-refractivity contribution < 1.29 is 8.42 Å². The number of hydrogen-bond donors (Lipinski definition) is 3.